The molecule has 0 atom stereocenters. The Morgan fingerprint density at radius 1 is 1.00 bits per heavy atom. The molecule has 0 amide bonds. The van der Waals surface area contributed by atoms with Crippen LogP contribution in [0.3, 0.4) is 0 Å². The molecule has 1 aliphatic carbocycles. The molecule has 0 radical (unpaired) electrons. The molecule has 1 aliphatic rings. The average molecular weight is 344 g/mol. The zero-order valence-corrected chi connectivity index (χ0v) is 14.1. The summed E-state index contributed by atoms with van der Waals surface area (Å²) in [7, 11) is 0. The van der Waals surface area contributed by atoms with Crippen LogP contribution < -0.4 is 0 Å². The van der Waals surface area contributed by atoms with Crippen LogP contribution in [0.4, 0.5) is 0 Å². The van der Waals surface area contributed by atoms with Gasteiger partial charge in [-0.25, -0.2) is 12.2 Å². The van der Waals surface area contributed by atoms with Crippen molar-refractivity contribution in [1.82, 2.24) is 0 Å². The first-order chi connectivity index (χ1) is 8.42. The van der Waals surface area contributed by atoms with E-state index >= 15 is 0 Å². The number of hydrogen-bond acceptors (Lipinski definition) is 1. The second kappa shape index (κ2) is 12.2. The van der Waals surface area contributed by atoms with Crippen molar-refractivity contribution in [2.45, 2.75) is 13.0 Å². The third-order valence-electron chi connectivity index (χ3n) is 2.64. The molecule has 2 aromatic carbocycles. The molecule has 0 aromatic heterocycles. The van der Waals surface area contributed by atoms with Crippen LogP contribution in [-0.2, 0) is 28.3 Å². The van der Waals surface area contributed by atoms with Gasteiger partial charge >= 0.3 is 0 Å². The first-order valence-electron chi connectivity index (χ1n) is 5.71. The maximum Gasteiger partial charge on any atom is 0.0687 e. The number of fused-ring (bicyclic) bond motifs is 1. The van der Waals surface area contributed by atoms with Crippen LogP contribution in [0, 0.1) is 6.08 Å². The SMILES string of the molecule is Cl.Cl.OCc1cccc2ccccc12.[C-]1=CC=CC1.[Ti]. The molecular formula is C16H17Cl2OTi-. The van der Waals surface area contributed by atoms with Crippen molar-refractivity contribution >= 4 is 35.6 Å². The fraction of sp³-hybridized carbons (Fsp3) is 0.125. The second-order valence-electron chi connectivity index (χ2n) is 3.80. The molecular weight excluding hydrogens is 327 g/mol. The minimum atomic E-state index is 0. The smallest absolute Gasteiger partial charge is 0.0687 e. The number of halogens is 2. The van der Waals surface area contributed by atoms with Gasteiger partial charge in [-0.3, -0.25) is 6.08 Å². The second-order valence-corrected chi connectivity index (χ2v) is 3.80. The van der Waals surface area contributed by atoms with Gasteiger partial charge in [0.1, 0.15) is 0 Å². The third kappa shape index (κ3) is 6.26. The molecule has 1 nitrogen and oxygen atoms in total. The Bertz CT molecular complexity index is 538. The van der Waals surface area contributed by atoms with Gasteiger partial charge in [-0.05, 0) is 16.3 Å². The van der Waals surface area contributed by atoms with Crippen molar-refractivity contribution < 1.29 is 26.8 Å². The van der Waals surface area contributed by atoms with Gasteiger partial charge in [0, 0.05) is 21.7 Å². The standard InChI is InChI=1S/C11H10O.C5H5.2ClH.Ti/c12-8-10-6-3-5-9-4-1-2-7-11(9)10;1-2-4-5-3-1;;;/h1-7,12H,8H2;1-3H,4H2;2*1H;/q;-1;;;. The van der Waals surface area contributed by atoms with Crippen LogP contribution in [0.1, 0.15) is 12.0 Å². The fourth-order valence-electron chi connectivity index (χ4n) is 1.77. The average Bonchev–Trinajstić information content (AvgIpc) is 2.97. The van der Waals surface area contributed by atoms with Gasteiger partial charge in [-0.2, -0.15) is 6.08 Å². The van der Waals surface area contributed by atoms with E-state index in [1.165, 1.54) is 5.39 Å². The Kier molecular flexibility index (Phi) is 13.2. The molecule has 20 heavy (non-hydrogen) atoms. The monoisotopic (exact) mass is 343 g/mol. The van der Waals surface area contributed by atoms with Crippen molar-refractivity contribution in [1.29, 1.82) is 0 Å². The predicted octanol–water partition coefficient (Wildman–Crippen LogP) is 4.48. The van der Waals surface area contributed by atoms with Gasteiger partial charge in [0.05, 0.1) is 6.61 Å². The van der Waals surface area contributed by atoms with E-state index in [1.54, 1.807) is 0 Å². The predicted molar refractivity (Wildman–Crippen MR) is 85.9 cm³/mol. The molecule has 2 aromatic rings. The first-order valence-corrected chi connectivity index (χ1v) is 5.71. The Hall–Kier alpha value is -0.566. The van der Waals surface area contributed by atoms with Gasteiger partial charge in [-0.1, -0.05) is 42.5 Å². The summed E-state index contributed by atoms with van der Waals surface area (Å²) in [6.45, 7) is 0.112. The molecule has 0 heterocycles. The molecule has 0 spiro atoms. The third-order valence-corrected chi connectivity index (χ3v) is 2.64. The summed E-state index contributed by atoms with van der Waals surface area (Å²) in [5.74, 6) is 0. The Labute approximate surface area is 147 Å². The minimum Gasteiger partial charge on any atom is -0.392 e. The maximum atomic E-state index is 9.04. The van der Waals surface area contributed by atoms with E-state index in [2.05, 4.69) is 24.3 Å². The molecule has 4 heteroatoms. The first kappa shape index (κ1) is 21.7. The minimum absolute atomic E-state index is 0. The summed E-state index contributed by atoms with van der Waals surface area (Å²) in [6, 6.07) is 14.0. The Morgan fingerprint density at radius 2 is 1.70 bits per heavy atom. The largest absolute Gasteiger partial charge is 0.392 e. The Balaban J connectivity index is 0. The summed E-state index contributed by atoms with van der Waals surface area (Å²) in [6.07, 6.45) is 10.0. The normalized spacial score (nSPS) is 10.7. The van der Waals surface area contributed by atoms with Crippen LogP contribution in [-0.4, -0.2) is 5.11 Å². The molecule has 0 bridgehead atoms. The summed E-state index contributed by atoms with van der Waals surface area (Å²) in [5.41, 5.74) is 0.994. The molecule has 0 aliphatic heterocycles. The van der Waals surface area contributed by atoms with Crippen molar-refractivity contribution in [3.63, 3.8) is 0 Å². The number of aliphatic hydroxyl groups is 1. The van der Waals surface area contributed by atoms with E-state index < -0.39 is 0 Å². The summed E-state index contributed by atoms with van der Waals surface area (Å²) in [5, 5.41) is 11.4. The van der Waals surface area contributed by atoms with Crippen LogP contribution in [0.5, 0.6) is 0 Å². The number of aliphatic hydroxyl groups excluding tert-OH is 1. The van der Waals surface area contributed by atoms with Gasteiger partial charge in [0.15, 0.2) is 0 Å². The van der Waals surface area contributed by atoms with Crippen LogP contribution in [0.25, 0.3) is 10.8 Å². The van der Waals surface area contributed by atoms with Crippen molar-refractivity contribution in [2.24, 2.45) is 0 Å². The van der Waals surface area contributed by atoms with Crippen LogP contribution in [0.15, 0.2) is 60.7 Å². The van der Waals surface area contributed by atoms with E-state index in [4.69, 9.17) is 5.11 Å². The van der Waals surface area contributed by atoms with Crippen molar-refractivity contribution in [3.8, 4) is 0 Å². The number of rotatable bonds is 1. The van der Waals surface area contributed by atoms with Crippen LogP contribution in [0.2, 0.25) is 0 Å². The van der Waals surface area contributed by atoms with E-state index in [9.17, 15) is 0 Å². The summed E-state index contributed by atoms with van der Waals surface area (Å²) < 4.78 is 0. The zero-order chi connectivity index (χ0) is 11.9. The van der Waals surface area contributed by atoms with Gasteiger partial charge in [-0.15, -0.1) is 31.2 Å². The number of benzene rings is 2. The van der Waals surface area contributed by atoms with Gasteiger partial charge in [0.25, 0.3) is 0 Å². The van der Waals surface area contributed by atoms with Gasteiger partial charge in [0.2, 0.25) is 0 Å². The van der Waals surface area contributed by atoms with Crippen LogP contribution >= 0.6 is 24.8 Å². The summed E-state index contributed by atoms with van der Waals surface area (Å²) in [4.78, 5) is 0. The van der Waals surface area contributed by atoms with E-state index in [0.717, 1.165) is 17.4 Å². The quantitative estimate of drug-likeness (QED) is 0.598. The number of hydrogen-bond donors (Lipinski definition) is 1. The van der Waals surface area contributed by atoms with Crippen molar-refractivity contribution in [3.05, 3.63) is 72.3 Å². The van der Waals surface area contributed by atoms with E-state index in [-0.39, 0.29) is 53.1 Å². The van der Waals surface area contributed by atoms with E-state index in [0.29, 0.717) is 0 Å². The molecule has 3 rings (SSSR count). The molecule has 0 unspecified atom stereocenters. The molecule has 0 fully saturated rings. The zero-order valence-electron chi connectivity index (χ0n) is 11.0. The fourth-order valence-corrected chi connectivity index (χ4v) is 1.77. The summed E-state index contributed by atoms with van der Waals surface area (Å²) >= 11 is 0. The maximum absolute atomic E-state index is 9.04. The number of allylic oxidation sites excluding steroid dienone is 4. The topological polar surface area (TPSA) is 20.2 Å². The van der Waals surface area contributed by atoms with Gasteiger partial charge < -0.3 is 5.11 Å². The molecule has 1 N–H and O–H groups in total. The molecule has 0 saturated carbocycles. The molecule has 106 valence electrons. The van der Waals surface area contributed by atoms with E-state index in [1.807, 2.05) is 42.5 Å². The van der Waals surface area contributed by atoms with Crippen molar-refractivity contribution in [2.75, 3.05) is 0 Å². The Morgan fingerprint density at radius 3 is 2.25 bits per heavy atom. The molecule has 0 saturated heterocycles.